The number of esters is 1. The van der Waals surface area contributed by atoms with Crippen LogP contribution in [-0.4, -0.2) is 101 Å². The number of benzene rings is 2. The molecule has 248 valence electrons. The molecule has 0 amide bonds. The molecule has 0 aliphatic heterocycles. The Morgan fingerprint density at radius 3 is 1.36 bits per heavy atom. The van der Waals surface area contributed by atoms with Crippen LogP contribution in [0, 0.1) is 0 Å². The molecule has 0 unspecified atom stereocenters. The number of methoxy groups -OCH3 is 3. The van der Waals surface area contributed by atoms with E-state index in [0.29, 0.717) is 0 Å². The average Bonchev–Trinajstić information content (AvgIpc) is 2.93. The normalized spacial score (nSPS) is 9.98. The molecular weight excluding hydrogens is 633 g/mol. The third-order valence-corrected chi connectivity index (χ3v) is 4.21. The van der Waals surface area contributed by atoms with Gasteiger partial charge in [-0.15, -0.1) is 26.3 Å². The van der Waals surface area contributed by atoms with Gasteiger partial charge < -0.3 is 44.8 Å². The summed E-state index contributed by atoms with van der Waals surface area (Å²) >= 11 is 0. The van der Waals surface area contributed by atoms with Crippen molar-refractivity contribution in [2.45, 2.75) is 12.7 Å². The number of alkyl halides is 6. The summed E-state index contributed by atoms with van der Waals surface area (Å²) in [5.41, 5.74) is 0.221. The van der Waals surface area contributed by atoms with Crippen LogP contribution in [0.15, 0.2) is 36.4 Å². The Kier molecular flexibility index (Phi) is 26.4. The van der Waals surface area contributed by atoms with Crippen molar-refractivity contribution in [1.29, 1.82) is 0 Å². The molecule has 0 radical (unpaired) electrons. The third-order valence-electron chi connectivity index (χ3n) is 4.21. The Bertz CT molecular complexity index is 1090. The molecule has 0 aliphatic rings. The second kappa shape index (κ2) is 24.3. The summed E-state index contributed by atoms with van der Waals surface area (Å²) in [5, 5.41) is 15.8. The van der Waals surface area contributed by atoms with Gasteiger partial charge >= 0.3 is 54.2 Å². The molecule has 0 bridgehead atoms. The zero-order valence-electron chi connectivity index (χ0n) is 24.1. The van der Waals surface area contributed by atoms with Crippen molar-refractivity contribution >= 4 is 11.9 Å². The number of carboxylic acids is 1. The van der Waals surface area contributed by atoms with Gasteiger partial charge in [-0.1, -0.05) is 0 Å². The Hall–Kier alpha value is -3.04. The number of halogens is 6. The van der Waals surface area contributed by atoms with Crippen molar-refractivity contribution in [3.8, 4) is 23.0 Å². The second-order valence-electron chi connectivity index (χ2n) is 6.81. The van der Waals surface area contributed by atoms with Crippen LogP contribution in [0.2, 0.25) is 0 Å². The predicted molar refractivity (Wildman–Crippen MR) is 133 cm³/mol. The minimum absolute atomic E-state index is 0. The molecule has 0 fully saturated rings. The first-order chi connectivity index (χ1) is 19.2. The Morgan fingerprint density at radius 1 is 0.682 bits per heavy atom. The van der Waals surface area contributed by atoms with Crippen LogP contribution >= 0.6 is 0 Å². The zero-order valence-corrected chi connectivity index (χ0v) is 26.1. The first kappa shape index (κ1) is 47.9. The molecule has 5 N–H and O–H groups in total. The van der Waals surface area contributed by atoms with Gasteiger partial charge in [-0.2, -0.15) is 0 Å². The van der Waals surface area contributed by atoms with Crippen LogP contribution in [-0.2, 0) is 14.2 Å². The fourth-order valence-electron chi connectivity index (χ4n) is 2.57. The molecule has 0 atom stereocenters. The molecule has 20 heteroatoms. The summed E-state index contributed by atoms with van der Waals surface area (Å²) in [4.78, 5) is 22.0. The summed E-state index contributed by atoms with van der Waals surface area (Å²) in [6, 6.07) is 7.95. The molecule has 2 rings (SSSR count). The van der Waals surface area contributed by atoms with Crippen molar-refractivity contribution in [3.63, 3.8) is 0 Å². The van der Waals surface area contributed by atoms with Crippen LogP contribution in [0.25, 0.3) is 0 Å². The topological polar surface area (TPSA) is 201 Å². The second-order valence-corrected chi connectivity index (χ2v) is 6.81. The molecule has 13 nitrogen and oxygen atoms in total. The number of hydrogen-bond acceptors (Lipinski definition) is 11. The fraction of sp³-hybridized carbons (Fsp3) is 0.417. The van der Waals surface area contributed by atoms with Crippen molar-refractivity contribution in [1.82, 2.24) is 0 Å². The number of carbonyl (C=O) groups is 2. The van der Waals surface area contributed by atoms with Crippen LogP contribution in [0.5, 0.6) is 23.0 Å². The number of rotatable bonds is 12. The fourth-order valence-corrected chi connectivity index (χ4v) is 2.57. The maximum Gasteiger partial charge on any atom is 1.00 e. The van der Waals surface area contributed by atoms with Crippen LogP contribution in [0.1, 0.15) is 20.7 Å². The van der Waals surface area contributed by atoms with Crippen molar-refractivity contribution in [2.24, 2.45) is 0 Å². The molecule has 2 aromatic carbocycles. The summed E-state index contributed by atoms with van der Waals surface area (Å²) in [5.74, 6) is -1.04. The molecular formula is C24H31F6NaO13. The van der Waals surface area contributed by atoms with Gasteiger partial charge in [-0.05, 0) is 36.4 Å². The van der Waals surface area contributed by atoms with Crippen LogP contribution in [0.3, 0.4) is 0 Å². The molecule has 2 aromatic rings. The maximum absolute atomic E-state index is 11.8. The molecule has 0 spiro atoms. The number of hydrogen-bond donors (Lipinski definition) is 2. The van der Waals surface area contributed by atoms with E-state index in [1.54, 1.807) is 0 Å². The quantitative estimate of drug-likeness (QED) is 0.136. The number of ether oxygens (including phenoxy) is 7. The van der Waals surface area contributed by atoms with Gasteiger partial charge in [0.15, 0.2) is 23.0 Å². The monoisotopic (exact) mass is 664 g/mol. The van der Waals surface area contributed by atoms with E-state index in [9.17, 15) is 35.9 Å². The SMILES string of the molecule is CO.COC(=O)c1ccc(OCCOC(F)(F)F)c(OC)c1.COc1cc(C(=O)O)ccc1OCCOC(F)(F)F.O.[Na+].[OH-]. The van der Waals surface area contributed by atoms with Crippen LogP contribution < -0.4 is 48.5 Å². The van der Waals surface area contributed by atoms with E-state index < -0.39 is 37.9 Å². The number of carboxylic acid groups (broad SMARTS) is 1. The summed E-state index contributed by atoms with van der Waals surface area (Å²) in [6.07, 6.45) is -9.40. The molecule has 0 saturated carbocycles. The first-order valence-electron chi connectivity index (χ1n) is 11.0. The largest absolute Gasteiger partial charge is 1.00 e. The molecule has 44 heavy (non-hydrogen) atoms. The van der Waals surface area contributed by atoms with Gasteiger partial charge in [0.25, 0.3) is 0 Å². The molecule has 0 aromatic heterocycles. The average molecular weight is 664 g/mol. The summed E-state index contributed by atoms with van der Waals surface area (Å²) < 4.78 is 102. The van der Waals surface area contributed by atoms with E-state index in [1.165, 1.54) is 57.7 Å². The van der Waals surface area contributed by atoms with E-state index >= 15 is 0 Å². The standard InChI is InChI=1S/C12H13F3O5.C11H11F3O5.CH4O.Na.2H2O/c1-17-10-7-8(11(16)18-2)3-4-9(10)19-5-6-20-12(13,14)15;1-17-9-6-7(10(15)16)2-3-8(9)18-4-5-19-11(12,13)14;1-2;;;/h3-4,7H,5-6H2,1-2H3;2-3,6H,4-5H2,1H3,(H,15,16);2H,1H3;;2*1H2/q;;;+1;;/p-1. The van der Waals surface area contributed by atoms with Gasteiger partial charge in [0.2, 0.25) is 0 Å². The number of carbonyl (C=O) groups excluding carboxylic acids is 1. The first-order valence-corrected chi connectivity index (χ1v) is 11.0. The van der Waals surface area contributed by atoms with E-state index in [0.717, 1.165) is 7.11 Å². The van der Waals surface area contributed by atoms with Gasteiger partial charge in [-0.25, -0.2) is 9.59 Å². The van der Waals surface area contributed by atoms with Crippen molar-refractivity contribution in [2.75, 3.05) is 54.9 Å². The van der Waals surface area contributed by atoms with Gasteiger partial charge in [0.1, 0.15) is 13.2 Å². The smallest absolute Gasteiger partial charge is 0.870 e. The summed E-state index contributed by atoms with van der Waals surface area (Å²) in [6.45, 7) is -1.98. The third kappa shape index (κ3) is 20.0. The molecule has 0 saturated heterocycles. The van der Waals surface area contributed by atoms with Crippen LogP contribution in [0.4, 0.5) is 26.3 Å². The van der Waals surface area contributed by atoms with Crippen molar-refractivity contribution in [3.05, 3.63) is 47.5 Å². The van der Waals surface area contributed by atoms with Crippen molar-refractivity contribution < 1.29 is 120 Å². The number of aromatic carboxylic acids is 1. The maximum atomic E-state index is 11.8. The molecule has 0 heterocycles. The zero-order chi connectivity index (χ0) is 31.6. The van der Waals surface area contributed by atoms with E-state index in [4.69, 9.17) is 29.2 Å². The predicted octanol–water partition coefficient (Wildman–Crippen LogP) is 0.317. The Labute approximate surface area is 269 Å². The van der Waals surface area contributed by atoms with E-state index in [-0.39, 0.29) is 87.8 Å². The minimum atomic E-state index is -4.71. The van der Waals surface area contributed by atoms with E-state index in [1.807, 2.05) is 0 Å². The Morgan fingerprint density at radius 2 is 1.05 bits per heavy atom. The molecule has 0 aliphatic carbocycles. The van der Waals surface area contributed by atoms with Gasteiger partial charge in [-0.3, -0.25) is 9.47 Å². The Balaban J connectivity index is -0.000000323. The minimum Gasteiger partial charge on any atom is -0.870 e. The van der Waals surface area contributed by atoms with E-state index in [2.05, 4.69) is 14.2 Å². The van der Waals surface area contributed by atoms with Gasteiger partial charge in [0.05, 0.1) is 45.7 Å². The number of aliphatic hydroxyl groups is 1. The number of aliphatic hydroxyl groups excluding tert-OH is 1. The van der Waals surface area contributed by atoms with Gasteiger partial charge in [0, 0.05) is 7.11 Å². The summed E-state index contributed by atoms with van der Waals surface area (Å²) in [7, 11) is 4.86.